The molecular formula is C11H11BrO4. The molecule has 0 aliphatic rings. The van der Waals surface area contributed by atoms with E-state index in [1.807, 2.05) is 0 Å². The fraction of sp³-hybridized carbons (Fsp3) is 0.182. The fourth-order valence-electron chi connectivity index (χ4n) is 1.23. The number of aliphatic carboxylic acids is 1. The lowest BCUT2D eigenvalue weighted by atomic mass is 10.1. The molecule has 0 saturated carbocycles. The Bertz CT molecular complexity index is 426. The SMILES string of the molecule is COc1ccc(Br)c(C/C=C/C(=O)O)c1O. The van der Waals surface area contributed by atoms with Gasteiger partial charge in [0.25, 0.3) is 0 Å². The highest BCUT2D eigenvalue weighted by molar-refractivity contribution is 9.10. The van der Waals surface area contributed by atoms with E-state index in [1.54, 1.807) is 12.1 Å². The topological polar surface area (TPSA) is 66.8 Å². The van der Waals surface area contributed by atoms with Crippen LogP contribution >= 0.6 is 15.9 Å². The molecule has 1 aromatic carbocycles. The van der Waals surface area contributed by atoms with E-state index in [1.165, 1.54) is 13.2 Å². The van der Waals surface area contributed by atoms with Crippen LogP contribution in [-0.4, -0.2) is 23.3 Å². The van der Waals surface area contributed by atoms with Gasteiger partial charge in [0, 0.05) is 16.1 Å². The number of carbonyl (C=O) groups is 1. The van der Waals surface area contributed by atoms with E-state index in [-0.39, 0.29) is 5.75 Å². The minimum atomic E-state index is -1.02. The number of carboxylic acids is 1. The maximum Gasteiger partial charge on any atom is 0.327 e. The Balaban J connectivity index is 2.98. The van der Waals surface area contributed by atoms with Crippen molar-refractivity contribution in [2.24, 2.45) is 0 Å². The first kappa shape index (κ1) is 12.6. The number of ether oxygens (including phenoxy) is 1. The zero-order valence-electron chi connectivity index (χ0n) is 8.61. The van der Waals surface area contributed by atoms with E-state index < -0.39 is 5.97 Å². The first-order chi connectivity index (χ1) is 7.56. The molecule has 5 heteroatoms. The summed E-state index contributed by atoms with van der Waals surface area (Å²) in [6, 6.07) is 3.37. The first-order valence-electron chi connectivity index (χ1n) is 4.50. The van der Waals surface area contributed by atoms with Gasteiger partial charge in [-0.25, -0.2) is 4.79 Å². The first-order valence-corrected chi connectivity index (χ1v) is 5.29. The third-order valence-electron chi connectivity index (χ3n) is 1.99. The van der Waals surface area contributed by atoms with Crippen molar-refractivity contribution in [1.29, 1.82) is 0 Å². The van der Waals surface area contributed by atoms with Crippen molar-refractivity contribution in [3.63, 3.8) is 0 Å². The van der Waals surface area contributed by atoms with Crippen molar-refractivity contribution >= 4 is 21.9 Å². The molecule has 0 unspecified atom stereocenters. The molecule has 16 heavy (non-hydrogen) atoms. The van der Waals surface area contributed by atoms with Crippen LogP contribution in [0.15, 0.2) is 28.8 Å². The average Bonchev–Trinajstić information content (AvgIpc) is 2.23. The van der Waals surface area contributed by atoms with Crippen molar-refractivity contribution in [2.45, 2.75) is 6.42 Å². The van der Waals surface area contributed by atoms with Crippen LogP contribution in [0.25, 0.3) is 0 Å². The van der Waals surface area contributed by atoms with Crippen LogP contribution in [0, 0.1) is 0 Å². The second-order valence-corrected chi connectivity index (χ2v) is 3.88. The highest BCUT2D eigenvalue weighted by Crippen LogP contribution is 2.35. The van der Waals surface area contributed by atoms with Crippen LogP contribution in [-0.2, 0) is 11.2 Å². The molecule has 0 aliphatic carbocycles. The Kier molecular flexibility index (Phi) is 4.37. The van der Waals surface area contributed by atoms with Gasteiger partial charge in [0.15, 0.2) is 11.5 Å². The molecule has 0 bridgehead atoms. The summed E-state index contributed by atoms with van der Waals surface area (Å²) in [5.41, 5.74) is 0.594. The van der Waals surface area contributed by atoms with Gasteiger partial charge in [-0.2, -0.15) is 0 Å². The molecule has 4 nitrogen and oxygen atoms in total. The summed E-state index contributed by atoms with van der Waals surface area (Å²) >= 11 is 3.28. The molecule has 0 spiro atoms. The van der Waals surface area contributed by atoms with Gasteiger partial charge >= 0.3 is 5.97 Å². The lowest BCUT2D eigenvalue weighted by Gasteiger charge is -2.09. The summed E-state index contributed by atoms with van der Waals surface area (Å²) < 4.78 is 5.67. The predicted octanol–water partition coefficient (Wildman–Crippen LogP) is 2.35. The Labute approximate surface area is 101 Å². The van der Waals surface area contributed by atoms with Gasteiger partial charge in [0.2, 0.25) is 0 Å². The van der Waals surface area contributed by atoms with Crippen LogP contribution < -0.4 is 4.74 Å². The molecular weight excluding hydrogens is 276 g/mol. The molecule has 2 N–H and O–H groups in total. The number of aromatic hydroxyl groups is 1. The van der Waals surface area contributed by atoms with Crippen LogP contribution in [0.3, 0.4) is 0 Å². The summed E-state index contributed by atoms with van der Waals surface area (Å²) in [6.45, 7) is 0. The van der Waals surface area contributed by atoms with Gasteiger partial charge in [-0.3, -0.25) is 0 Å². The smallest absolute Gasteiger partial charge is 0.327 e. The largest absolute Gasteiger partial charge is 0.504 e. The number of hydrogen-bond acceptors (Lipinski definition) is 3. The molecule has 1 aromatic rings. The maximum absolute atomic E-state index is 10.3. The molecule has 0 aromatic heterocycles. The van der Waals surface area contributed by atoms with Crippen molar-refractivity contribution in [1.82, 2.24) is 0 Å². The number of allylic oxidation sites excluding steroid dienone is 1. The monoisotopic (exact) mass is 286 g/mol. The summed E-state index contributed by atoms with van der Waals surface area (Å²) in [5, 5.41) is 18.2. The zero-order chi connectivity index (χ0) is 12.1. The Morgan fingerprint density at radius 3 is 2.81 bits per heavy atom. The molecule has 0 aliphatic heterocycles. The zero-order valence-corrected chi connectivity index (χ0v) is 10.2. The van der Waals surface area contributed by atoms with Crippen molar-refractivity contribution < 1.29 is 19.7 Å². The van der Waals surface area contributed by atoms with Gasteiger partial charge < -0.3 is 14.9 Å². The number of methoxy groups -OCH3 is 1. The molecule has 0 heterocycles. The van der Waals surface area contributed by atoms with E-state index in [9.17, 15) is 9.90 Å². The predicted molar refractivity (Wildman–Crippen MR) is 62.8 cm³/mol. The van der Waals surface area contributed by atoms with Gasteiger partial charge in [-0.05, 0) is 18.6 Å². The lowest BCUT2D eigenvalue weighted by Crippen LogP contribution is -1.92. The minimum absolute atomic E-state index is 0.0203. The normalized spacial score (nSPS) is 10.6. The second-order valence-electron chi connectivity index (χ2n) is 3.02. The molecule has 0 radical (unpaired) electrons. The van der Waals surface area contributed by atoms with Crippen molar-refractivity contribution in [3.05, 3.63) is 34.3 Å². The number of hydrogen-bond donors (Lipinski definition) is 2. The standard InChI is InChI=1S/C11H11BrO4/c1-16-9-6-5-8(12)7(11(9)15)3-2-4-10(13)14/h2,4-6,15H,3H2,1H3,(H,13,14)/b4-2+. The third kappa shape index (κ3) is 3.00. The Morgan fingerprint density at radius 2 is 2.25 bits per heavy atom. The number of phenolic OH excluding ortho intramolecular Hbond substituents is 1. The lowest BCUT2D eigenvalue weighted by molar-refractivity contribution is -0.131. The fourth-order valence-corrected chi connectivity index (χ4v) is 1.71. The number of rotatable bonds is 4. The van der Waals surface area contributed by atoms with Gasteiger partial charge in [0.05, 0.1) is 7.11 Å². The van der Waals surface area contributed by atoms with Crippen molar-refractivity contribution in [3.8, 4) is 11.5 Å². The summed E-state index contributed by atoms with van der Waals surface area (Å²) in [7, 11) is 1.46. The summed E-state index contributed by atoms with van der Waals surface area (Å²) in [6.07, 6.45) is 2.81. The van der Waals surface area contributed by atoms with Gasteiger partial charge in [0.1, 0.15) is 0 Å². The Hall–Kier alpha value is -1.49. The van der Waals surface area contributed by atoms with E-state index in [2.05, 4.69) is 15.9 Å². The van der Waals surface area contributed by atoms with Gasteiger partial charge in [-0.1, -0.05) is 22.0 Å². The molecule has 0 amide bonds. The molecule has 1 rings (SSSR count). The highest BCUT2D eigenvalue weighted by atomic mass is 79.9. The van der Waals surface area contributed by atoms with Crippen LogP contribution in [0.1, 0.15) is 5.56 Å². The van der Waals surface area contributed by atoms with Crippen molar-refractivity contribution in [2.75, 3.05) is 7.11 Å². The number of carboxylic acid groups (broad SMARTS) is 1. The van der Waals surface area contributed by atoms with Crippen LogP contribution in [0.5, 0.6) is 11.5 Å². The summed E-state index contributed by atoms with van der Waals surface area (Å²) in [4.78, 5) is 10.3. The quantitative estimate of drug-likeness (QED) is 0.834. The third-order valence-corrected chi connectivity index (χ3v) is 2.73. The van der Waals surface area contributed by atoms with E-state index in [0.717, 1.165) is 6.08 Å². The van der Waals surface area contributed by atoms with E-state index in [0.29, 0.717) is 22.2 Å². The molecule has 86 valence electrons. The molecule has 0 saturated heterocycles. The molecule has 0 atom stereocenters. The minimum Gasteiger partial charge on any atom is -0.504 e. The number of benzene rings is 1. The van der Waals surface area contributed by atoms with Crippen LogP contribution in [0.4, 0.5) is 0 Å². The molecule has 0 fully saturated rings. The van der Waals surface area contributed by atoms with E-state index in [4.69, 9.17) is 9.84 Å². The van der Waals surface area contributed by atoms with Gasteiger partial charge in [-0.15, -0.1) is 0 Å². The summed E-state index contributed by atoms with van der Waals surface area (Å²) in [5.74, 6) is -0.632. The second kappa shape index (κ2) is 5.55. The number of phenols is 1. The Morgan fingerprint density at radius 1 is 1.56 bits per heavy atom. The highest BCUT2D eigenvalue weighted by Gasteiger charge is 2.10. The number of halogens is 1. The maximum atomic E-state index is 10.3. The average molecular weight is 287 g/mol. The van der Waals surface area contributed by atoms with Crippen LogP contribution in [0.2, 0.25) is 0 Å². The van der Waals surface area contributed by atoms with E-state index >= 15 is 0 Å².